The number of halogens is 2. The standard InChI is InChI=1S/C4H9.2FH.Zr/c1-4(2)3;;;/h4H,1H2,2-3H3;2*1H;/q-1;;;. The molecule has 46 valence electrons. The molecule has 0 fully saturated rings. The summed E-state index contributed by atoms with van der Waals surface area (Å²) < 4.78 is 0. The van der Waals surface area contributed by atoms with Crippen molar-refractivity contribution < 1.29 is 35.6 Å². The molecule has 0 aromatic carbocycles. The Hall–Kier alpha value is 0.743. The zero-order chi connectivity index (χ0) is 3.58. The normalized spacial score (nSPS) is 5.14. The van der Waals surface area contributed by atoms with Gasteiger partial charge in [0.05, 0.1) is 0 Å². The third-order valence-corrected chi connectivity index (χ3v) is 0. The van der Waals surface area contributed by atoms with E-state index in [4.69, 9.17) is 0 Å². The molecule has 0 saturated carbocycles. The third kappa shape index (κ3) is 275. The van der Waals surface area contributed by atoms with Crippen LogP contribution in [-0.4, -0.2) is 0 Å². The topological polar surface area (TPSA) is 0 Å². The molecule has 0 atom stereocenters. The van der Waals surface area contributed by atoms with Crippen molar-refractivity contribution in [2.75, 3.05) is 0 Å². The first kappa shape index (κ1) is 25.1. The summed E-state index contributed by atoms with van der Waals surface area (Å²) in [5.74, 6) is 0.583. The van der Waals surface area contributed by atoms with E-state index in [0.29, 0.717) is 5.92 Å². The van der Waals surface area contributed by atoms with Crippen LogP contribution in [0, 0.1) is 12.8 Å². The molecule has 0 bridgehead atoms. The van der Waals surface area contributed by atoms with E-state index in [2.05, 4.69) is 20.8 Å². The van der Waals surface area contributed by atoms with E-state index < -0.39 is 0 Å². The Morgan fingerprint density at radius 2 is 1.14 bits per heavy atom. The fraction of sp³-hybridized carbons (Fsp3) is 0.750. The van der Waals surface area contributed by atoms with Crippen LogP contribution in [-0.2, 0) is 26.2 Å². The van der Waals surface area contributed by atoms with Crippen molar-refractivity contribution in [3.05, 3.63) is 6.92 Å². The molecule has 0 aromatic rings. The first-order chi connectivity index (χ1) is 1.73. The van der Waals surface area contributed by atoms with Crippen molar-refractivity contribution in [1.29, 1.82) is 0 Å². The summed E-state index contributed by atoms with van der Waals surface area (Å²) in [7, 11) is 0. The van der Waals surface area contributed by atoms with E-state index in [1.54, 1.807) is 0 Å². The van der Waals surface area contributed by atoms with E-state index in [0.717, 1.165) is 0 Å². The number of hydrogen-bond acceptors (Lipinski definition) is 0. The second kappa shape index (κ2) is 15.9. The molecule has 0 aliphatic rings. The summed E-state index contributed by atoms with van der Waals surface area (Å²) >= 11 is 0. The minimum Gasteiger partial charge on any atom is -0.341 e. The van der Waals surface area contributed by atoms with Gasteiger partial charge in [0.2, 0.25) is 0 Å². The van der Waals surface area contributed by atoms with Gasteiger partial charge >= 0.3 is 0 Å². The summed E-state index contributed by atoms with van der Waals surface area (Å²) in [6.07, 6.45) is 0. The zero-order valence-electron chi connectivity index (χ0n) is 4.60. The third-order valence-electron chi connectivity index (χ3n) is 0. The minimum atomic E-state index is 0. The van der Waals surface area contributed by atoms with Crippen molar-refractivity contribution in [1.82, 2.24) is 0 Å². The number of hydrogen-bond donors (Lipinski definition) is 0. The van der Waals surface area contributed by atoms with Crippen molar-refractivity contribution in [3.63, 3.8) is 0 Å². The van der Waals surface area contributed by atoms with Crippen LogP contribution in [0.2, 0.25) is 0 Å². The summed E-state index contributed by atoms with van der Waals surface area (Å²) in [5.41, 5.74) is 0. The quantitative estimate of drug-likeness (QED) is 0.508. The smallest absolute Gasteiger partial charge is 0 e. The molecule has 0 heterocycles. The Kier molecular flexibility index (Phi) is 57.0. The zero-order valence-corrected chi connectivity index (χ0v) is 7.06. The number of rotatable bonds is 0. The molecule has 3 heteroatoms. The fourth-order valence-electron chi connectivity index (χ4n) is 0. The van der Waals surface area contributed by atoms with Crippen LogP contribution in [0.1, 0.15) is 13.8 Å². The second-order valence-corrected chi connectivity index (χ2v) is 1.39. The van der Waals surface area contributed by atoms with Gasteiger partial charge in [-0.3, -0.25) is 9.41 Å². The van der Waals surface area contributed by atoms with Gasteiger partial charge in [0.25, 0.3) is 0 Å². The van der Waals surface area contributed by atoms with Gasteiger partial charge in [-0.25, -0.2) is 0 Å². The maximum atomic E-state index is 3.64. The summed E-state index contributed by atoms with van der Waals surface area (Å²) in [4.78, 5) is 0. The first-order valence-corrected chi connectivity index (χ1v) is 1.56. The van der Waals surface area contributed by atoms with E-state index in [9.17, 15) is 0 Å². The predicted molar refractivity (Wildman–Crippen MR) is 25.2 cm³/mol. The summed E-state index contributed by atoms with van der Waals surface area (Å²) in [6.45, 7) is 7.75. The van der Waals surface area contributed by atoms with Crippen LogP contribution in [0.5, 0.6) is 0 Å². The van der Waals surface area contributed by atoms with Gasteiger partial charge in [0, 0.05) is 26.2 Å². The largest absolute Gasteiger partial charge is 0.341 e. The summed E-state index contributed by atoms with van der Waals surface area (Å²) in [5, 5.41) is 0. The Balaban J connectivity index is -0.0000000150. The van der Waals surface area contributed by atoms with Crippen molar-refractivity contribution in [2.24, 2.45) is 5.92 Å². The molecule has 0 aromatic heterocycles. The first-order valence-electron chi connectivity index (χ1n) is 1.56. The monoisotopic (exact) mass is 187 g/mol. The Bertz CT molecular complexity index is 14.4. The van der Waals surface area contributed by atoms with Crippen LogP contribution in [0.15, 0.2) is 0 Å². The molecule has 0 spiro atoms. The van der Waals surface area contributed by atoms with Crippen LogP contribution in [0.3, 0.4) is 0 Å². The molecule has 0 aliphatic heterocycles. The Morgan fingerprint density at radius 3 is 1.14 bits per heavy atom. The molecule has 0 unspecified atom stereocenters. The van der Waals surface area contributed by atoms with E-state index in [1.807, 2.05) is 0 Å². The molecule has 0 radical (unpaired) electrons. The fourth-order valence-corrected chi connectivity index (χ4v) is 0. The van der Waals surface area contributed by atoms with Crippen molar-refractivity contribution in [3.8, 4) is 0 Å². The molecule has 0 amide bonds. The van der Waals surface area contributed by atoms with Gasteiger partial charge in [-0.05, 0) is 0 Å². The van der Waals surface area contributed by atoms with E-state index >= 15 is 0 Å². The molecular formula is C4H11F2Zr-. The maximum Gasteiger partial charge on any atom is 0 e. The Morgan fingerprint density at radius 1 is 1.14 bits per heavy atom. The molecule has 7 heavy (non-hydrogen) atoms. The molecule has 0 saturated heterocycles. The van der Waals surface area contributed by atoms with E-state index in [1.165, 1.54) is 0 Å². The molecule has 0 nitrogen and oxygen atoms in total. The molecule has 0 N–H and O–H groups in total. The van der Waals surface area contributed by atoms with Gasteiger partial charge < -0.3 is 6.92 Å². The van der Waals surface area contributed by atoms with Crippen LogP contribution >= 0.6 is 0 Å². The van der Waals surface area contributed by atoms with Crippen LogP contribution in [0.4, 0.5) is 9.41 Å². The van der Waals surface area contributed by atoms with Gasteiger partial charge in [0.15, 0.2) is 0 Å². The van der Waals surface area contributed by atoms with E-state index in [-0.39, 0.29) is 35.6 Å². The summed E-state index contributed by atoms with van der Waals surface area (Å²) in [6, 6.07) is 0. The molecule has 0 rings (SSSR count). The predicted octanol–water partition coefficient (Wildman–Crippen LogP) is 1.78. The van der Waals surface area contributed by atoms with Gasteiger partial charge in [-0.2, -0.15) is 5.92 Å². The SMILES string of the molecule is F.F.[CH2-]C(C)C.[Zr]. The molecular weight excluding hydrogens is 177 g/mol. The van der Waals surface area contributed by atoms with Gasteiger partial charge in [0.1, 0.15) is 0 Å². The average Bonchev–Trinajstić information content (AvgIpc) is 0.811. The van der Waals surface area contributed by atoms with Crippen molar-refractivity contribution >= 4 is 0 Å². The van der Waals surface area contributed by atoms with Gasteiger partial charge in [-0.1, -0.05) is 13.8 Å². The van der Waals surface area contributed by atoms with Crippen LogP contribution < -0.4 is 0 Å². The molecule has 0 aliphatic carbocycles. The average molecular weight is 188 g/mol. The van der Waals surface area contributed by atoms with Crippen LogP contribution in [0.25, 0.3) is 0 Å². The maximum absolute atomic E-state index is 3.64. The van der Waals surface area contributed by atoms with Crippen molar-refractivity contribution in [2.45, 2.75) is 13.8 Å². The second-order valence-electron chi connectivity index (χ2n) is 1.39. The Labute approximate surface area is 62.5 Å². The van der Waals surface area contributed by atoms with Gasteiger partial charge in [-0.15, -0.1) is 0 Å². The minimum absolute atomic E-state index is 0.